The summed E-state index contributed by atoms with van der Waals surface area (Å²) in [5.41, 5.74) is 0. The first-order valence-electron chi connectivity index (χ1n) is 9.60. The molecule has 1 saturated heterocycles. The van der Waals surface area contributed by atoms with E-state index in [0.29, 0.717) is 12.8 Å². The van der Waals surface area contributed by atoms with Crippen LogP contribution in [0.1, 0.15) is 39.5 Å². The van der Waals surface area contributed by atoms with Crippen LogP contribution < -0.4 is 0 Å². The molecule has 0 spiro atoms. The summed E-state index contributed by atoms with van der Waals surface area (Å²) in [7, 11) is -4.56. The first-order chi connectivity index (χ1) is 14.0. The van der Waals surface area contributed by atoms with E-state index < -0.39 is 71.2 Å². The molecule has 13 heteroatoms. The van der Waals surface area contributed by atoms with E-state index in [9.17, 15) is 33.3 Å². The summed E-state index contributed by atoms with van der Waals surface area (Å²) in [6.45, 7) is 2.81. The van der Waals surface area contributed by atoms with Crippen LogP contribution in [0.3, 0.4) is 0 Å². The van der Waals surface area contributed by atoms with Gasteiger partial charge in [0.05, 0.1) is 6.61 Å². The number of hydrogen-bond acceptors (Lipinski definition) is 11. The van der Waals surface area contributed by atoms with E-state index in [2.05, 4.69) is 0 Å². The summed E-state index contributed by atoms with van der Waals surface area (Å²) < 4.78 is 51.7. The van der Waals surface area contributed by atoms with E-state index in [1.165, 1.54) is 0 Å². The minimum Gasteiger partial charge on any atom is -0.462 e. The minimum atomic E-state index is -4.56. The fourth-order valence-corrected chi connectivity index (χ4v) is 3.32. The molecule has 1 rings (SSSR count). The Morgan fingerprint density at radius 3 is 2.13 bits per heavy atom. The Balaban J connectivity index is 2.77. The number of carbonyl (C=O) groups excluding carboxylic acids is 2. The van der Waals surface area contributed by atoms with E-state index >= 15 is 0 Å². The van der Waals surface area contributed by atoms with Crippen molar-refractivity contribution in [2.24, 2.45) is 0 Å². The number of carbonyl (C=O) groups is 2. The molecule has 176 valence electrons. The molecule has 0 aromatic heterocycles. The van der Waals surface area contributed by atoms with Crippen molar-refractivity contribution in [3.05, 3.63) is 0 Å². The average molecular weight is 458 g/mol. The largest absolute Gasteiger partial charge is 0.462 e. The molecular formula is C17H30O12S. The zero-order valence-electron chi connectivity index (χ0n) is 16.9. The normalized spacial score (nSPS) is 28.0. The van der Waals surface area contributed by atoms with Crippen molar-refractivity contribution in [2.75, 3.05) is 19.0 Å². The second kappa shape index (κ2) is 12.5. The average Bonchev–Trinajstić information content (AvgIpc) is 2.64. The highest BCUT2D eigenvalue weighted by Crippen LogP contribution is 2.23. The van der Waals surface area contributed by atoms with E-state index in [1.807, 2.05) is 0 Å². The zero-order chi connectivity index (χ0) is 22.9. The smallest absolute Gasteiger partial charge is 0.306 e. The Labute approximate surface area is 174 Å². The number of hydrogen-bond donors (Lipinski definition) is 4. The topological polar surface area (TPSA) is 186 Å². The predicted molar refractivity (Wildman–Crippen MR) is 99.7 cm³/mol. The van der Waals surface area contributed by atoms with Crippen LogP contribution in [0.4, 0.5) is 0 Å². The lowest BCUT2D eigenvalue weighted by Gasteiger charge is -2.40. The standard InChI is InChI=1S/C17H30O12S/c1-3-5-12(18)26-7-10(28-13(19)6-4-2)8-27-17-16(22)15(21)14(20)11(29-17)9-30(23,24)25/h10-11,14-17,20-22H,3-9H2,1-2H3,(H,23,24,25)/t10?,11-,14-,15+,16-,17+/m1/s1. The summed E-state index contributed by atoms with van der Waals surface area (Å²) in [6.07, 6.45) is -8.24. The lowest BCUT2D eigenvalue weighted by Crippen LogP contribution is -2.60. The van der Waals surface area contributed by atoms with Crippen LogP contribution in [-0.4, -0.2) is 96.0 Å². The Morgan fingerprint density at radius 1 is 0.967 bits per heavy atom. The van der Waals surface area contributed by atoms with E-state index in [4.69, 9.17) is 23.5 Å². The Morgan fingerprint density at radius 2 is 1.57 bits per heavy atom. The molecule has 0 amide bonds. The number of aliphatic hydroxyl groups is 3. The third-order valence-electron chi connectivity index (χ3n) is 4.13. The van der Waals surface area contributed by atoms with Gasteiger partial charge in [0.2, 0.25) is 0 Å². The fourth-order valence-electron chi connectivity index (χ4n) is 2.63. The monoisotopic (exact) mass is 458 g/mol. The third kappa shape index (κ3) is 9.20. The van der Waals surface area contributed by atoms with Gasteiger partial charge in [0.15, 0.2) is 12.4 Å². The van der Waals surface area contributed by atoms with Gasteiger partial charge in [-0.1, -0.05) is 13.8 Å². The maximum Gasteiger partial charge on any atom is 0.306 e. The SMILES string of the molecule is CCCC(=O)OCC(CO[C@H]1O[C@H](CS(=O)(=O)O)[C@@H](O)[C@H](O)[C@H]1O)OC(=O)CCC. The lowest BCUT2D eigenvalue weighted by molar-refractivity contribution is -0.297. The number of ether oxygens (including phenoxy) is 4. The molecule has 1 fully saturated rings. The summed E-state index contributed by atoms with van der Waals surface area (Å²) in [4.78, 5) is 23.3. The number of esters is 2. The molecular weight excluding hydrogens is 428 g/mol. The molecule has 1 heterocycles. The van der Waals surface area contributed by atoms with Gasteiger partial charge in [0.1, 0.15) is 36.8 Å². The molecule has 0 aromatic carbocycles. The molecule has 1 aliphatic heterocycles. The van der Waals surface area contributed by atoms with Crippen molar-refractivity contribution in [2.45, 2.75) is 76.3 Å². The maximum absolute atomic E-state index is 11.8. The molecule has 0 saturated carbocycles. The quantitative estimate of drug-likeness (QED) is 0.201. The highest BCUT2D eigenvalue weighted by molar-refractivity contribution is 7.85. The van der Waals surface area contributed by atoms with Gasteiger partial charge in [-0.15, -0.1) is 0 Å². The third-order valence-corrected chi connectivity index (χ3v) is 4.88. The molecule has 12 nitrogen and oxygen atoms in total. The van der Waals surface area contributed by atoms with Gasteiger partial charge < -0.3 is 34.3 Å². The minimum absolute atomic E-state index is 0.114. The zero-order valence-corrected chi connectivity index (χ0v) is 17.7. The molecule has 6 atom stereocenters. The Hall–Kier alpha value is -1.35. The summed E-state index contributed by atoms with van der Waals surface area (Å²) in [5.74, 6) is -2.11. The Bertz CT molecular complexity index is 651. The van der Waals surface area contributed by atoms with Crippen molar-refractivity contribution in [3.8, 4) is 0 Å². The van der Waals surface area contributed by atoms with Crippen LogP contribution in [-0.2, 0) is 38.7 Å². The summed E-state index contributed by atoms with van der Waals surface area (Å²) >= 11 is 0. The van der Waals surface area contributed by atoms with E-state index in [1.54, 1.807) is 13.8 Å². The predicted octanol–water partition coefficient (Wildman–Crippen LogP) is -1.25. The van der Waals surface area contributed by atoms with E-state index in [0.717, 1.165) is 0 Å². The fraction of sp³-hybridized carbons (Fsp3) is 0.882. The van der Waals surface area contributed by atoms with Gasteiger partial charge in [-0.3, -0.25) is 14.1 Å². The van der Waals surface area contributed by atoms with Crippen LogP contribution >= 0.6 is 0 Å². The van der Waals surface area contributed by atoms with Gasteiger partial charge >= 0.3 is 11.9 Å². The molecule has 0 aliphatic carbocycles. The maximum atomic E-state index is 11.8. The van der Waals surface area contributed by atoms with Gasteiger partial charge in [-0.2, -0.15) is 8.42 Å². The highest BCUT2D eigenvalue weighted by Gasteiger charge is 2.45. The molecule has 30 heavy (non-hydrogen) atoms. The highest BCUT2D eigenvalue weighted by atomic mass is 32.2. The van der Waals surface area contributed by atoms with Crippen molar-refractivity contribution < 1.29 is 56.8 Å². The summed E-state index contributed by atoms with van der Waals surface area (Å²) in [5, 5.41) is 29.8. The van der Waals surface area contributed by atoms with Crippen molar-refractivity contribution >= 4 is 22.1 Å². The van der Waals surface area contributed by atoms with Gasteiger partial charge in [-0.05, 0) is 12.8 Å². The van der Waals surface area contributed by atoms with Crippen LogP contribution in [0.5, 0.6) is 0 Å². The second-order valence-corrected chi connectivity index (χ2v) is 8.39. The Kier molecular flexibility index (Phi) is 11.1. The van der Waals surface area contributed by atoms with Crippen LogP contribution in [0.25, 0.3) is 0 Å². The lowest BCUT2D eigenvalue weighted by atomic mass is 10.00. The van der Waals surface area contributed by atoms with Gasteiger partial charge in [-0.25, -0.2) is 0 Å². The van der Waals surface area contributed by atoms with E-state index in [-0.39, 0.29) is 19.4 Å². The molecule has 0 radical (unpaired) electrons. The van der Waals surface area contributed by atoms with Gasteiger partial charge in [0.25, 0.3) is 10.1 Å². The van der Waals surface area contributed by atoms with Crippen LogP contribution in [0.15, 0.2) is 0 Å². The molecule has 4 N–H and O–H groups in total. The van der Waals surface area contributed by atoms with Crippen molar-refractivity contribution in [1.29, 1.82) is 0 Å². The van der Waals surface area contributed by atoms with Crippen molar-refractivity contribution in [1.82, 2.24) is 0 Å². The summed E-state index contributed by atoms with van der Waals surface area (Å²) in [6, 6.07) is 0. The molecule has 0 bridgehead atoms. The number of aliphatic hydroxyl groups excluding tert-OH is 3. The van der Waals surface area contributed by atoms with Crippen LogP contribution in [0.2, 0.25) is 0 Å². The first-order valence-corrected chi connectivity index (χ1v) is 11.2. The molecule has 1 unspecified atom stereocenters. The molecule has 1 aliphatic rings. The first kappa shape index (κ1) is 26.7. The second-order valence-electron chi connectivity index (χ2n) is 6.89. The van der Waals surface area contributed by atoms with Crippen molar-refractivity contribution in [3.63, 3.8) is 0 Å². The molecule has 0 aromatic rings. The van der Waals surface area contributed by atoms with Gasteiger partial charge in [0, 0.05) is 12.8 Å². The number of rotatable bonds is 12. The van der Waals surface area contributed by atoms with Crippen LogP contribution in [0, 0.1) is 0 Å².